The zero-order chi connectivity index (χ0) is 69.8. The van der Waals surface area contributed by atoms with E-state index in [4.69, 9.17) is 84.3 Å². The van der Waals surface area contributed by atoms with Gasteiger partial charge in [0.25, 0.3) is 0 Å². The molecule has 2 N–H and O–H groups in total. The van der Waals surface area contributed by atoms with Crippen molar-refractivity contribution in [2.24, 2.45) is 0 Å². The highest BCUT2D eigenvalue weighted by Gasteiger charge is 2.55. The minimum Gasteiger partial charge on any atom is -0.463 e. The summed E-state index contributed by atoms with van der Waals surface area (Å²) in [6.45, 7) is 3.50. The minimum absolute atomic E-state index is 0.0973. The maximum absolute atomic E-state index is 14.7. The molecule has 512 valence electrons. The molecule has 10 atom stereocenters. The molecule has 2 saturated heterocycles. The summed E-state index contributed by atoms with van der Waals surface area (Å²) in [5.41, 5.74) is -0.782. The SMILES string of the molecule is CC(=O)OCC1OC(c2nc(C)nn2-c2cc(Cl)ccc2Cl)C(OCC(=O)NCNC(=O)COC2C(c3nc(C)nn3-c3cc(Cl)ccc3Cl)OC(COC(C)=O)C(OC(C)=O)C2n2cc(-c3cc(F)c(F)c(F)c3)nn2)C(n2cc(-c3cc(F)c(F)c(F)c3)nn2)C1OC(C)=O. The number of amides is 2. The molecule has 2 aliphatic heterocycles. The lowest BCUT2D eigenvalue weighted by Gasteiger charge is -2.45. The first-order valence-electron chi connectivity index (χ1n) is 28.7. The van der Waals surface area contributed by atoms with Crippen LogP contribution >= 0.6 is 46.4 Å². The molecule has 10 unspecified atom stereocenters. The lowest BCUT2D eigenvalue weighted by Crippen LogP contribution is -2.56. The van der Waals surface area contributed by atoms with E-state index in [1.54, 1.807) is 0 Å². The second-order valence-electron chi connectivity index (χ2n) is 21.6. The standard InChI is InChI=1S/C59H52Cl4F6N14O14/c1-24-72-58(82(76-24)42-15-32(60)7-9-34(42)62)56-54(50(52(94-28(5)86)44(96-56)19-90-26(3)84)80-17-40(74-78-80)30-11-36(64)48(68)37(65)12-30)92-21-46(88)70-23-71-47(89)22-93-55-51(81-18-41(75-79-81)31-13-38(66)49(69)39(67)14-31)53(95-29(6)87)45(20-91-27(4)85)97-57(55)59-73-25(2)77-83(59)43-16-33(61)8-10-35(43)63/h7-18,44-45,50-57H,19-23H2,1-6H3,(H,70,88)(H,71,89). The van der Waals surface area contributed by atoms with Crippen molar-refractivity contribution in [1.82, 2.24) is 70.2 Å². The number of nitrogens with one attached hydrogen (secondary N) is 2. The number of nitrogens with zero attached hydrogens (tertiary/aromatic N) is 12. The summed E-state index contributed by atoms with van der Waals surface area (Å²) in [6, 6.07) is 8.34. The van der Waals surface area contributed by atoms with E-state index in [0.717, 1.165) is 49.5 Å². The average molecular weight is 1440 g/mol. The Morgan fingerprint density at radius 2 is 0.897 bits per heavy atom. The van der Waals surface area contributed by atoms with Gasteiger partial charge in [0, 0.05) is 48.9 Å². The van der Waals surface area contributed by atoms with E-state index >= 15 is 0 Å². The van der Waals surface area contributed by atoms with E-state index in [0.29, 0.717) is 24.3 Å². The Labute approximate surface area is 563 Å². The molecule has 0 radical (unpaired) electrons. The van der Waals surface area contributed by atoms with Gasteiger partial charge in [-0.2, -0.15) is 10.2 Å². The van der Waals surface area contributed by atoms with Crippen LogP contribution in [0, 0.1) is 48.8 Å². The quantitative estimate of drug-likeness (QED) is 0.0219. The lowest BCUT2D eigenvalue weighted by molar-refractivity contribution is -0.234. The van der Waals surface area contributed by atoms with Crippen LogP contribution in [0.4, 0.5) is 26.3 Å². The largest absolute Gasteiger partial charge is 0.463 e. The number of hydrogen-bond acceptors (Lipinski definition) is 22. The van der Waals surface area contributed by atoms with Gasteiger partial charge in [-0.3, -0.25) is 28.8 Å². The number of halogens is 10. The monoisotopic (exact) mass is 1430 g/mol. The first-order chi connectivity index (χ1) is 46.1. The summed E-state index contributed by atoms with van der Waals surface area (Å²) in [5.74, 6) is -15.1. The van der Waals surface area contributed by atoms with Crippen molar-refractivity contribution in [2.45, 2.75) is 102 Å². The Morgan fingerprint density at radius 3 is 1.25 bits per heavy atom. The summed E-state index contributed by atoms with van der Waals surface area (Å²) in [6.07, 6.45) is -10.2. The summed E-state index contributed by atoms with van der Waals surface area (Å²) in [5, 5.41) is 31.1. The number of benzene rings is 4. The molecule has 28 nitrogen and oxygen atoms in total. The molecule has 0 aliphatic carbocycles. The van der Waals surface area contributed by atoms with Crippen molar-refractivity contribution < 1.29 is 93.0 Å². The molecule has 0 bridgehead atoms. The molecule has 10 rings (SSSR count). The van der Waals surface area contributed by atoms with E-state index < -0.39 is 165 Å². The van der Waals surface area contributed by atoms with Gasteiger partial charge in [-0.1, -0.05) is 56.8 Å². The number of carbonyl (C=O) groups excluding carboxylic acids is 6. The first-order valence-corrected chi connectivity index (χ1v) is 30.2. The predicted octanol–water partition coefficient (Wildman–Crippen LogP) is 7.44. The van der Waals surface area contributed by atoms with Gasteiger partial charge in [0.1, 0.15) is 98.2 Å². The van der Waals surface area contributed by atoms with Crippen LogP contribution in [0.3, 0.4) is 0 Å². The molecule has 6 heterocycles. The first kappa shape index (κ1) is 70.6. The summed E-state index contributed by atoms with van der Waals surface area (Å²) >= 11 is 26.3. The fraction of sp³-hybridized carbons (Fsp3) is 0.356. The maximum Gasteiger partial charge on any atom is 0.303 e. The van der Waals surface area contributed by atoms with Gasteiger partial charge >= 0.3 is 23.9 Å². The Balaban J connectivity index is 0.966. The van der Waals surface area contributed by atoms with Gasteiger partial charge in [-0.25, -0.2) is 55.0 Å². The van der Waals surface area contributed by atoms with Crippen LogP contribution in [0.25, 0.3) is 33.9 Å². The van der Waals surface area contributed by atoms with Gasteiger partial charge in [0.05, 0.1) is 40.5 Å². The van der Waals surface area contributed by atoms with Gasteiger partial charge in [0.15, 0.2) is 58.8 Å². The Bertz CT molecular complexity index is 4020. The highest BCUT2D eigenvalue weighted by Crippen LogP contribution is 2.45. The van der Waals surface area contributed by atoms with Gasteiger partial charge in [-0.15, -0.1) is 10.2 Å². The molecule has 2 aliphatic rings. The topological polar surface area (TPSA) is 323 Å². The average Bonchev–Trinajstić information content (AvgIpc) is 1.72. The molecule has 2 fully saturated rings. The van der Waals surface area contributed by atoms with Crippen molar-refractivity contribution in [3.05, 3.63) is 151 Å². The summed E-state index contributed by atoms with van der Waals surface area (Å²) < 4.78 is 140. The maximum atomic E-state index is 14.7. The molecule has 97 heavy (non-hydrogen) atoms. The third-order valence-electron chi connectivity index (χ3n) is 14.7. The van der Waals surface area contributed by atoms with E-state index in [1.165, 1.54) is 59.6 Å². The van der Waals surface area contributed by atoms with Crippen molar-refractivity contribution in [3.8, 4) is 33.9 Å². The molecule has 38 heteroatoms. The third kappa shape index (κ3) is 16.1. The van der Waals surface area contributed by atoms with Crippen LogP contribution < -0.4 is 10.6 Å². The second-order valence-corrected chi connectivity index (χ2v) is 23.3. The number of carbonyl (C=O) groups is 6. The van der Waals surface area contributed by atoms with Crippen LogP contribution in [0.5, 0.6) is 0 Å². The molecular formula is C59H52Cl4F6N14O14. The smallest absolute Gasteiger partial charge is 0.303 e. The molecule has 0 spiro atoms. The fourth-order valence-corrected chi connectivity index (χ4v) is 11.4. The van der Waals surface area contributed by atoms with Gasteiger partial charge in [-0.05, 0) is 74.5 Å². The molecule has 2 amide bonds. The van der Waals surface area contributed by atoms with Crippen molar-refractivity contribution in [2.75, 3.05) is 33.1 Å². The Morgan fingerprint density at radius 1 is 0.526 bits per heavy atom. The number of ether oxygens (including phenoxy) is 8. The van der Waals surface area contributed by atoms with Crippen molar-refractivity contribution in [1.29, 1.82) is 0 Å². The van der Waals surface area contributed by atoms with E-state index in [2.05, 4.69) is 51.4 Å². The van der Waals surface area contributed by atoms with Crippen LogP contribution in [0.1, 0.15) is 75.3 Å². The normalized spacial score (nSPS) is 20.8. The van der Waals surface area contributed by atoms with Gasteiger partial charge in [0.2, 0.25) is 11.8 Å². The van der Waals surface area contributed by atoms with Crippen molar-refractivity contribution >= 4 is 82.1 Å². The lowest BCUT2D eigenvalue weighted by atomic mass is 9.91. The molecular weight excluding hydrogens is 1380 g/mol. The molecule has 4 aromatic heterocycles. The second kappa shape index (κ2) is 30.1. The number of aryl methyl sites for hydroxylation is 2. The van der Waals surface area contributed by atoms with Crippen LogP contribution in [-0.4, -0.2) is 165 Å². The minimum atomic E-state index is -1.77. The van der Waals surface area contributed by atoms with E-state index in [1.807, 2.05) is 0 Å². The van der Waals surface area contributed by atoms with Crippen LogP contribution in [-0.2, 0) is 66.7 Å². The number of esters is 4. The summed E-state index contributed by atoms with van der Waals surface area (Å²) in [4.78, 5) is 88.3. The third-order valence-corrected chi connectivity index (χ3v) is 15.8. The number of hydrogen-bond donors (Lipinski definition) is 2. The Kier molecular flexibility index (Phi) is 21.9. The highest BCUT2D eigenvalue weighted by molar-refractivity contribution is 6.35. The number of rotatable bonds is 22. The van der Waals surface area contributed by atoms with E-state index in [-0.39, 0.29) is 77.3 Å². The highest BCUT2D eigenvalue weighted by atomic mass is 35.5. The zero-order valence-electron chi connectivity index (χ0n) is 51.1. The predicted molar refractivity (Wildman–Crippen MR) is 321 cm³/mol. The van der Waals surface area contributed by atoms with Gasteiger partial charge < -0.3 is 48.5 Å². The van der Waals surface area contributed by atoms with Crippen LogP contribution in [0.15, 0.2) is 73.1 Å². The zero-order valence-corrected chi connectivity index (χ0v) is 54.1. The fourth-order valence-electron chi connectivity index (χ4n) is 10.7. The molecule has 4 aromatic carbocycles. The Hall–Kier alpha value is -9.16. The molecule has 8 aromatic rings. The van der Waals surface area contributed by atoms with E-state index in [9.17, 15) is 55.1 Å². The van der Waals surface area contributed by atoms with Crippen molar-refractivity contribution in [3.63, 3.8) is 0 Å². The molecule has 0 saturated carbocycles. The number of aromatic nitrogens is 12. The van der Waals surface area contributed by atoms with Crippen LogP contribution in [0.2, 0.25) is 20.1 Å². The summed E-state index contributed by atoms with van der Waals surface area (Å²) in [7, 11) is 0.